The normalized spacial score (nSPS) is 17.0. The maximum Gasteiger partial charge on any atom is 0.193 e. The van der Waals surface area contributed by atoms with E-state index in [9.17, 15) is 4.79 Å². The second-order valence-corrected chi connectivity index (χ2v) is 4.61. The molecule has 0 saturated carbocycles. The van der Waals surface area contributed by atoms with Gasteiger partial charge in [-0.05, 0) is 12.5 Å². The molecule has 0 saturated heterocycles. The van der Waals surface area contributed by atoms with Crippen molar-refractivity contribution in [3.05, 3.63) is 41.7 Å². The van der Waals surface area contributed by atoms with E-state index in [4.69, 9.17) is 4.74 Å². The summed E-state index contributed by atoms with van der Waals surface area (Å²) in [5, 5.41) is 7.80. The minimum absolute atomic E-state index is 0.0309. The number of Topliss-reactive ketones (excluding diaryl/α,β-unsaturated/α-hetero) is 1. The van der Waals surface area contributed by atoms with Crippen LogP contribution in [0, 0.1) is 0 Å². The van der Waals surface area contributed by atoms with Gasteiger partial charge >= 0.3 is 0 Å². The maximum absolute atomic E-state index is 12.6. The molecule has 0 N–H and O–H groups in total. The first-order chi connectivity index (χ1) is 9.31. The van der Waals surface area contributed by atoms with Gasteiger partial charge in [0.25, 0.3) is 0 Å². The standard InChI is InChI=1S/C14H15N3O2/c1-2-7-17-12(8-15-16-17)14(18)11-9-19-13-6-4-3-5-10(11)13/h3-6,8,11H,2,7,9H2,1H3. The number of rotatable bonds is 4. The molecule has 0 bridgehead atoms. The summed E-state index contributed by atoms with van der Waals surface area (Å²) in [6.07, 6.45) is 2.46. The zero-order valence-corrected chi connectivity index (χ0v) is 10.7. The molecule has 0 radical (unpaired) electrons. The molecule has 2 aromatic rings. The van der Waals surface area contributed by atoms with E-state index in [1.54, 1.807) is 10.9 Å². The van der Waals surface area contributed by atoms with E-state index in [2.05, 4.69) is 10.3 Å². The molecular formula is C14H15N3O2. The first kappa shape index (κ1) is 11.9. The van der Waals surface area contributed by atoms with Gasteiger partial charge in [0, 0.05) is 12.1 Å². The van der Waals surface area contributed by atoms with Crippen molar-refractivity contribution in [2.24, 2.45) is 0 Å². The first-order valence-electron chi connectivity index (χ1n) is 6.45. The van der Waals surface area contributed by atoms with Crippen molar-refractivity contribution in [1.82, 2.24) is 15.0 Å². The minimum Gasteiger partial charge on any atom is -0.492 e. The van der Waals surface area contributed by atoms with Crippen LogP contribution in [0.15, 0.2) is 30.5 Å². The number of fused-ring (bicyclic) bond motifs is 1. The van der Waals surface area contributed by atoms with Crippen LogP contribution in [-0.2, 0) is 6.54 Å². The molecule has 1 aromatic heterocycles. The second kappa shape index (κ2) is 4.84. The summed E-state index contributed by atoms with van der Waals surface area (Å²) in [4.78, 5) is 12.6. The topological polar surface area (TPSA) is 57.0 Å². The van der Waals surface area contributed by atoms with Gasteiger partial charge in [-0.15, -0.1) is 5.10 Å². The Morgan fingerprint density at radius 3 is 3.16 bits per heavy atom. The zero-order valence-electron chi connectivity index (χ0n) is 10.7. The number of hydrogen-bond acceptors (Lipinski definition) is 4. The van der Waals surface area contributed by atoms with E-state index in [0.717, 1.165) is 17.7 Å². The smallest absolute Gasteiger partial charge is 0.193 e. The Morgan fingerprint density at radius 2 is 2.32 bits per heavy atom. The molecule has 98 valence electrons. The number of benzene rings is 1. The Kier molecular flexibility index (Phi) is 3.03. The lowest BCUT2D eigenvalue weighted by Gasteiger charge is -2.08. The van der Waals surface area contributed by atoms with E-state index in [0.29, 0.717) is 18.8 Å². The van der Waals surface area contributed by atoms with Gasteiger partial charge in [0.2, 0.25) is 0 Å². The number of carbonyl (C=O) groups is 1. The fourth-order valence-electron chi connectivity index (χ4n) is 2.38. The molecule has 1 aromatic carbocycles. The molecule has 1 aliphatic heterocycles. The van der Waals surface area contributed by atoms with Crippen LogP contribution in [0.3, 0.4) is 0 Å². The molecule has 5 nitrogen and oxygen atoms in total. The van der Waals surface area contributed by atoms with Crippen LogP contribution in [0.5, 0.6) is 5.75 Å². The lowest BCUT2D eigenvalue weighted by atomic mass is 9.95. The van der Waals surface area contributed by atoms with Crippen LogP contribution >= 0.6 is 0 Å². The summed E-state index contributed by atoms with van der Waals surface area (Å²) in [6, 6.07) is 7.67. The van der Waals surface area contributed by atoms with Crippen LogP contribution in [-0.4, -0.2) is 27.4 Å². The summed E-state index contributed by atoms with van der Waals surface area (Å²) in [5.41, 5.74) is 1.52. The highest BCUT2D eigenvalue weighted by molar-refractivity contribution is 6.00. The molecule has 3 rings (SSSR count). The monoisotopic (exact) mass is 257 g/mol. The highest BCUT2D eigenvalue weighted by Crippen LogP contribution is 2.35. The number of aromatic nitrogens is 3. The average Bonchev–Trinajstić information content (AvgIpc) is 3.04. The third-order valence-electron chi connectivity index (χ3n) is 3.32. The summed E-state index contributed by atoms with van der Waals surface area (Å²) >= 11 is 0. The summed E-state index contributed by atoms with van der Waals surface area (Å²) in [7, 11) is 0. The molecule has 0 fully saturated rings. The average molecular weight is 257 g/mol. The lowest BCUT2D eigenvalue weighted by molar-refractivity contribution is 0.0936. The second-order valence-electron chi connectivity index (χ2n) is 4.61. The zero-order chi connectivity index (χ0) is 13.2. The number of nitrogens with zero attached hydrogens (tertiary/aromatic N) is 3. The largest absolute Gasteiger partial charge is 0.492 e. The van der Waals surface area contributed by atoms with E-state index in [1.807, 2.05) is 31.2 Å². The van der Waals surface area contributed by atoms with Crippen molar-refractivity contribution in [3.8, 4) is 5.75 Å². The molecule has 1 unspecified atom stereocenters. The summed E-state index contributed by atoms with van der Waals surface area (Å²) < 4.78 is 7.23. The summed E-state index contributed by atoms with van der Waals surface area (Å²) in [6.45, 7) is 3.15. The third-order valence-corrected chi connectivity index (χ3v) is 3.32. The number of aryl methyl sites for hydroxylation is 1. The van der Waals surface area contributed by atoms with Crippen LogP contribution in [0.2, 0.25) is 0 Å². The van der Waals surface area contributed by atoms with E-state index in [1.165, 1.54) is 0 Å². The quantitative estimate of drug-likeness (QED) is 0.786. The Morgan fingerprint density at radius 1 is 1.47 bits per heavy atom. The van der Waals surface area contributed by atoms with Gasteiger partial charge in [-0.25, -0.2) is 4.68 Å². The molecule has 0 spiro atoms. The highest BCUT2D eigenvalue weighted by Gasteiger charge is 2.32. The van der Waals surface area contributed by atoms with Crippen molar-refractivity contribution >= 4 is 5.78 Å². The predicted octanol–water partition coefficient (Wildman–Crippen LogP) is 2.05. The minimum atomic E-state index is -0.245. The maximum atomic E-state index is 12.6. The molecule has 5 heteroatoms. The Balaban J connectivity index is 1.91. The van der Waals surface area contributed by atoms with Gasteiger partial charge < -0.3 is 4.74 Å². The van der Waals surface area contributed by atoms with Crippen molar-refractivity contribution < 1.29 is 9.53 Å². The van der Waals surface area contributed by atoms with Crippen LogP contribution in [0.1, 0.15) is 35.3 Å². The molecule has 0 amide bonds. The van der Waals surface area contributed by atoms with E-state index >= 15 is 0 Å². The molecule has 1 aliphatic rings. The van der Waals surface area contributed by atoms with Gasteiger partial charge in [-0.2, -0.15) is 0 Å². The highest BCUT2D eigenvalue weighted by atomic mass is 16.5. The van der Waals surface area contributed by atoms with E-state index in [-0.39, 0.29) is 11.7 Å². The molecule has 2 heterocycles. The number of carbonyl (C=O) groups excluding carboxylic acids is 1. The van der Waals surface area contributed by atoms with Gasteiger partial charge in [0.1, 0.15) is 18.1 Å². The Hall–Kier alpha value is -2.17. The molecule has 0 aliphatic carbocycles. The van der Waals surface area contributed by atoms with Crippen molar-refractivity contribution in [2.45, 2.75) is 25.8 Å². The fourth-order valence-corrected chi connectivity index (χ4v) is 2.38. The van der Waals surface area contributed by atoms with Gasteiger partial charge in [0.15, 0.2) is 5.78 Å². The predicted molar refractivity (Wildman–Crippen MR) is 69.3 cm³/mol. The van der Waals surface area contributed by atoms with Gasteiger partial charge in [0.05, 0.1) is 12.1 Å². The van der Waals surface area contributed by atoms with Crippen LogP contribution in [0.25, 0.3) is 0 Å². The Bertz CT molecular complexity index is 606. The number of para-hydroxylation sites is 1. The number of ether oxygens (including phenoxy) is 1. The van der Waals surface area contributed by atoms with Crippen molar-refractivity contribution in [3.63, 3.8) is 0 Å². The first-order valence-corrected chi connectivity index (χ1v) is 6.45. The molecular weight excluding hydrogens is 242 g/mol. The van der Waals surface area contributed by atoms with Crippen LogP contribution in [0.4, 0.5) is 0 Å². The van der Waals surface area contributed by atoms with Crippen molar-refractivity contribution in [1.29, 1.82) is 0 Å². The Labute approximate surface area is 111 Å². The van der Waals surface area contributed by atoms with Gasteiger partial charge in [-0.1, -0.05) is 30.3 Å². The fraction of sp³-hybridized carbons (Fsp3) is 0.357. The molecule has 19 heavy (non-hydrogen) atoms. The van der Waals surface area contributed by atoms with Crippen molar-refractivity contribution in [2.75, 3.05) is 6.61 Å². The van der Waals surface area contributed by atoms with E-state index < -0.39 is 0 Å². The van der Waals surface area contributed by atoms with Crippen LogP contribution < -0.4 is 4.74 Å². The summed E-state index contributed by atoms with van der Waals surface area (Å²) in [5.74, 6) is 0.587. The third kappa shape index (κ3) is 2.01. The van der Waals surface area contributed by atoms with Gasteiger partial charge in [-0.3, -0.25) is 4.79 Å². The SMILES string of the molecule is CCCn1nncc1C(=O)C1COc2ccccc21. The number of ketones is 1. The lowest BCUT2D eigenvalue weighted by Crippen LogP contribution is -2.19. The molecule has 1 atom stereocenters. The number of hydrogen-bond donors (Lipinski definition) is 0.